The van der Waals surface area contributed by atoms with Gasteiger partial charge in [-0.05, 0) is 68.5 Å². The van der Waals surface area contributed by atoms with E-state index < -0.39 is 5.97 Å². The molecule has 0 radical (unpaired) electrons. The highest BCUT2D eigenvalue weighted by molar-refractivity contribution is 7.80. The lowest BCUT2D eigenvalue weighted by molar-refractivity contribution is -0.141. The van der Waals surface area contributed by atoms with Crippen LogP contribution in [0, 0.1) is 17.8 Å². The van der Waals surface area contributed by atoms with Crippen molar-refractivity contribution in [2.75, 3.05) is 6.54 Å². The zero-order chi connectivity index (χ0) is 12.9. The summed E-state index contributed by atoms with van der Waals surface area (Å²) in [5, 5.41) is 9.34. The minimum absolute atomic E-state index is 0.0402. The Kier molecular flexibility index (Phi) is 2.77. The summed E-state index contributed by atoms with van der Waals surface area (Å²) in [6.07, 6.45) is 7.25. The average Bonchev–Trinajstić information content (AvgIpc) is 2.23. The molecule has 4 bridgehead atoms. The van der Waals surface area contributed by atoms with E-state index in [0.29, 0.717) is 0 Å². The number of carbonyl (C=O) groups is 1. The second kappa shape index (κ2) is 4.08. The van der Waals surface area contributed by atoms with Gasteiger partial charge in [-0.2, -0.15) is 0 Å². The van der Waals surface area contributed by atoms with E-state index in [0.717, 1.165) is 37.0 Å². The molecule has 0 aliphatic heterocycles. The SMILES string of the molecule is NC(=S)N(CC(=O)O)C12CC3CC(CC(C3)C1)C2. The first kappa shape index (κ1) is 12.2. The van der Waals surface area contributed by atoms with E-state index in [2.05, 4.69) is 0 Å². The van der Waals surface area contributed by atoms with Gasteiger partial charge in [-0.3, -0.25) is 4.79 Å². The number of nitrogens with zero attached hydrogens (tertiary/aromatic N) is 1. The van der Waals surface area contributed by atoms with E-state index in [1.165, 1.54) is 19.3 Å². The molecule has 0 unspecified atom stereocenters. The predicted molar refractivity (Wildman–Crippen MR) is 72.0 cm³/mol. The van der Waals surface area contributed by atoms with Crippen molar-refractivity contribution in [3.8, 4) is 0 Å². The van der Waals surface area contributed by atoms with Crippen LogP contribution in [0.25, 0.3) is 0 Å². The highest BCUT2D eigenvalue weighted by Gasteiger charge is 2.54. The number of hydrogen-bond acceptors (Lipinski definition) is 2. The summed E-state index contributed by atoms with van der Waals surface area (Å²) in [5.41, 5.74) is 5.76. The maximum absolute atomic E-state index is 11.1. The van der Waals surface area contributed by atoms with Crippen LogP contribution in [-0.2, 0) is 4.79 Å². The topological polar surface area (TPSA) is 66.6 Å². The fourth-order valence-corrected chi connectivity index (χ4v) is 5.27. The Morgan fingerprint density at radius 2 is 1.67 bits per heavy atom. The molecule has 4 aliphatic rings. The molecule has 100 valence electrons. The number of thiocarbonyl (C=S) groups is 1. The second-order valence-corrected chi connectivity index (χ2v) is 6.88. The predicted octanol–water partition coefficient (Wildman–Crippen LogP) is 1.59. The molecule has 18 heavy (non-hydrogen) atoms. The minimum atomic E-state index is -0.835. The van der Waals surface area contributed by atoms with E-state index in [9.17, 15) is 4.79 Å². The summed E-state index contributed by atoms with van der Waals surface area (Å²) >= 11 is 5.11. The first-order valence-electron chi connectivity index (χ1n) is 6.77. The lowest BCUT2D eigenvalue weighted by Crippen LogP contribution is -2.63. The summed E-state index contributed by atoms with van der Waals surface area (Å²) in [6.45, 7) is -0.0402. The molecule has 4 fully saturated rings. The van der Waals surface area contributed by atoms with E-state index >= 15 is 0 Å². The van der Waals surface area contributed by atoms with Crippen molar-refractivity contribution in [1.82, 2.24) is 4.90 Å². The van der Waals surface area contributed by atoms with Crippen LogP contribution >= 0.6 is 12.2 Å². The molecule has 5 heteroatoms. The third-order valence-corrected chi connectivity index (χ3v) is 5.36. The van der Waals surface area contributed by atoms with Gasteiger partial charge in [0.2, 0.25) is 0 Å². The first-order valence-corrected chi connectivity index (χ1v) is 7.18. The fourth-order valence-electron chi connectivity index (χ4n) is 5.01. The lowest BCUT2D eigenvalue weighted by Gasteiger charge is -2.60. The number of rotatable bonds is 3. The van der Waals surface area contributed by atoms with Gasteiger partial charge in [0.05, 0.1) is 0 Å². The number of nitrogens with two attached hydrogens (primary N) is 1. The Labute approximate surface area is 113 Å². The zero-order valence-electron chi connectivity index (χ0n) is 10.5. The molecule has 4 saturated carbocycles. The van der Waals surface area contributed by atoms with E-state index in [1.54, 1.807) is 0 Å². The van der Waals surface area contributed by atoms with Crippen LogP contribution in [0.15, 0.2) is 0 Å². The quantitative estimate of drug-likeness (QED) is 0.761. The van der Waals surface area contributed by atoms with Gasteiger partial charge in [0.25, 0.3) is 0 Å². The summed E-state index contributed by atoms with van der Waals surface area (Å²) in [5.74, 6) is 1.46. The minimum Gasteiger partial charge on any atom is -0.480 e. The molecule has 0 spiro atoms. The van der Waals surface area contributed by atoms with Gasteiger partial charge in [-0.25, -0.2) is 0 Å². The average molecular weight is 268 g/mol. The van der Waals surface area contributed by atoms with Crippen molar-refractivity contribution in [3.63, 3.8) is 0 Å². The Morgan fingerprint density at radius 1 is 1.22 bits per heavy atom. The van der Waals surface area contributed by atoms with Gasteiger partial charge in [-0.1, -0.05) is 0 Å². The molecule has 0 atom stereocenters. The van der Waals surface area contributed by atoms with Crippen LogP contribution in [0.3, 0.4) is 0 Å². The molecule has 4 nitrogen and oxygen atoms in total. The monoisotopic (exact) mass is 268 g/mol. The highest BCUT2D eigenvalue weighted by atomic mass is 32.1. The molecular weight excluding hydrogens is 248 g/mol. The van der Waals surface area contributed by atoms with Crippen LogP contribution < -0.4 is 5.73 Å². The van der Waals surface area contributed by atoms with Crippen LogP contribution in [0.2, 0.25) is 0 Å². The largest absolute Gasteiger partial charge is 0.480 e. The van der Waals surface area contributed by atoms with Crippen molar-refractivity contribution in [1.29, 1.82) is 0 Å². The smallest absolute Gasteiger partial charge is 0.323 e. The normalized spacial score (nSPS) is 40.8. The Hall–Kier alpha value is -0.840. The van der Waals surface area contributed by atoms with Crippen LogP contribution in [0.5, 0.6) is 0 Å². The zero-order valence-corrected chi connectivity index (χ0v) is 11.3. The van der Waals surface area contributed by atoms with Crippen molar-refractivity contribution in [2.45, 2.75) is 44.1 Å². The third-order valence-electron chi connectivity index (χ3n) is 5.14. The maximum atomic E-state index is 11.1. The van der Waals surface area contributed by atoms with Gasteiger partial charge in [0.1, 0.15) is 6.54 Å². The molecule has 4 rings (SSSR count). The number of carboxylic acids is 1. The van der Waals surface area contributed by atoms with Crippen molar-refractivity contribution >= 4 is 23.3 Å². The van der Waals surface area contributed by atoms with E-state index in [-0.39, 0.29) is 17.2 Å². The van der Waals surface area contributed by atoms with E-state index in [1.807, 2.05) is 4.90 Å². The first-order chi connectivity index (χ1) is 8.48. The molecule has 0 aromatic heterocycles. The molecule has 0 aromatic rings. The molecule has 0 saturated heterocycles. The standard InChI is InChI=1S/C13H20N2O2S/c14-12(18)15(7-11(16)17)13-4-8-1-9(5-13)3-10(2-8)6-13/h8-10H,1-7H2,(H2,14,18)(H,16,17). The van der Waals surface area contributed by atoms with Crippen LogP contribution in [0.1, 0.15) is 38.5 Å². The number of carboxylic acid groups (broad SMARTS) is 1. The van der Waals surface area contributed by atoms with Gasteiger partial charge in [0.15, 0.2) is 5.11 Å². The third kappa shape index (κ3) is 1.88. The fraction of sp³-hybridized carbons (Fsp3) is 0.846. The molecule has 0 aromatic carbocycles. The van der Waals surface area contributed by atoms with Crippen molar-refractivity contribution in [3.05, 3.63) is 0 Å². The van der Waals surface area contributed by atoms with Crippen molar-refractivity contribution in [2.24, 2.45) is 23.5 Å². The molecule has 0 heterocycles. The molecule has 3 N–H and O–H groups in total. The summed E-state index contributed by atoms with van der Waals surface area (Å²) in [7, 11) is 0. The van der Waals surface area contributed by atoms with Gasteiger partial charge in [0, 0.05) is 5.54 Å². The molecular formula is C13H20N2O2S. The second-order valence-electron chi connectivity index (χ2n) is 6.46. The maximum Gasteiger partial charge on any atom is 0.323 e. The number of aliphatic carboxylic acids is 1. The van der Waals surface area contributed by atoms with E-state index in [4.69, 9.17) is 23.1 Å². The van der Waals surface area contributed by atoms with Gasteiger partial charge < -0.3 is 15.7 Å². The van der Waals surface area contributed by atoms with Crippen LogP contribution in [0.4, 0.5) is 0 Å². The van der Waals surface area contributed by atoms with Crippen molar-refractivity contribution < 1.29 is 9.90 Å². The summed E-state index contributed by atoms with van der Waals surface area (Å²) in [6, 6.07) is 0. The summed E-state index contributed by atoms with van der Waals surface area (Å²) in [4.78, 5) is 12.9. The molecule has 0 amide bonds. The molecule has 4 aliphatic carbocycles. The Bertz CT molecular complexity index is 361. The number of hydrogen-bond donors (Lipinski definition) is 2. The van der Waals surface area contributed by atoms with Gasteiger partial charge >= 0.3 is 5.97 Å². The Balaban J connectivity index is 1.88. The lowest BCUT2D eigenvalue weighted by atomic mass is 9.52. The Morgan fingerprint density at radius 3 is 2.00 bits per heavy atom. The summed E-state index contributed by atoms with van der Waals surface area (Å²) < 4.78 is 0. The van der Waals surface area contributed by atoms with Crippen LogP contribution in [-0.4, -0.2) is 33.2 Å². The van der Waals surface area contributed by atoms with Gasteiger partial charge in [-0.15, -0.1) is 0 Å². The highest BCUT2D eigenvalue weighted by Crippen LogP contribution is 2.57.